The van der Waals surface area contributed by atoms with Gasteiger partial charge in [-0.3, -0.25) is 4.79 Å². The van der Waals surface area contributed by atoms with Crippen molar-refractivity contribution in [1.29, 1.82) is 0 Å². The molecule has 6 N–H and O–H groups in total. The van der Waals surface area contributed by atoms with E-state index in [4.69, 9.17) is 9.39 Å². The van der Waals surface area contributed by atoms with Crippen molar-refractivity contribution in [3.8, 4) is 0 Å². The predicted molar refractivity (Wildman–Crippen MR) is 102 cm³/mol. The number of aliphatic hydroxyl groups is 5. The van der Waals surface area contributed by atoms with Gasteiger partial charge in [-0.15, -0.1) is 0 Å². The number of hydrogen-bond acceptors (Lipinski definition) is 11. The summed E-state index contributed by atoms with van der Waals surface area (Å²) in [6.45, 7) is 6.08. The fourth-order valence-corrected chi connectivity index (χ4v) is 3.99. The van der Waals surface area contributed by atoms with Crippen LogP contribution >= 0.6 is 0 Å². The van der Waals surface area contributed by atoms with Gasteiger partial charge in [0.1, 0.15) is 18.3 Å². The Bertz CT molecular complexity index is 703. The minimum absolute atomic E-state index is 0.233. The van der Waals surface area contributed by atoms with Crippen molar-refractivity contribution in [3.63, 3.8) is 0 Å². The molecular weight excluding hydrogens is 410 g/mol. The Morgan fingerprint density at radius 2 is 1.62 bits per heavy atom. The fraction of sp³-hybridized carbons (Fsp3) is 0.875. The van der Waals surface area contributed by atoms with Crippen molar-refractivity contribution in [2.45, 2.75) is 76.0 Å². The number of rotatable bonds is 8. The summed E-state index contributed by atoms with van der Waals surface area (Å²) in [5.41, 5.74) is 0.980. The van der Waals surface area contributed by atoms with Gasteiger partial charge < -0.3 is 25.5 Å². The van der Waals surface area contributed by atoms with E-state index in [1.54, 1.807) is 27.7 Å². The standard InChI is InChI=1S/C16H31N3O9S/c1-15(2)6-9(7-16(3,4)19(15)28-29(5,26)27)17-18-14(25)13(24)12(23)11(22)10(21)8-20/h10-13,20-24H,6-8H2,1-5H3,(H,18,25). The van der Waals surface area contributed by atoms with E-state index >= 15 is 0 Å². The number of amides is 1. The lowest BCUT2D eigenvalue weighted by Crippen LogP contribution is -2.61. The SMILES string of the molecule is CC1(C)CC(=NNC(=O)C(O)C(O)C(O)C(O)CO)CC(C)(C)N1OS(C)(=O)=O. The molecule has 0 aromatic heterocycles. The zero-order valence-corrected chi connectivity index (χ0v) is 17.9. The summed E-state index contributed by atoms with van der Waals surface area (Å²) in [7, 11) is -3.75. The van der Waals surface area contributed by atoms with Crippen LogP contribution in [0.2, 0.25) is 0 Å². The van der Waals surface area contributed by atoms with Gasteiger partial charge in [-0.2, -0.15) is 22.9 Å². The molecule has 0 radical (unpaired) electrons. The molecule has 0 aromatic rings. The molecule has 1 amide bonds. The van der Waals surface area contributed by atoms with Gasteiger partial charge in [-0.1, -0.05) is 0 Å². The quantitative estimate of drug-likeness (QED) is 0.219. The van der Waals surface area contributed by atoms with Crippen molar-refractivity contribution in [3.05, 3.63) is 0 Å². The molecule has 0 bridgehead atoms. The molecule has 0 saturated carbocycles. The smallest absolute Gasteiger partial charge is 0.280 e. The Morgan fingerprint density at radius 1 is 1.14 bits per heavy atom. The first-order valence-electron chi connectivity index (χ1n) is 8.90. The number of hydroxylamine groups is 2. The van der Waals surface area contributed by atoms with Gasteiger partial charge in [0.2, 0.25) is 0 Å². The number of hydrogen-bond donors (Lipinski definition) is 6. The van der Waals surface area contributed by atoms with Crippen LogP contribution in [0.1, 0.15) is 40.5 Å². The van der Waals surface area contributed by atoms with Crippen LogP contribution < -0.4 is 5.43 Å². The molecule has 1 aliphatic heterocycles. The second kappa shape index (κ2) is 9.31. The van der Waals surface area contributed by atoms with Gasteiger partial charge in [0.25, 0.3) is 16.0 Å². The van der Waals surface area contributed by atoms with Gasteiger partial charge in [-0.05, 0) is 27.7 Å². The van der Waals surface area contributed by atoms with Crippen LogP contribution in [0, 0.1) is 0 Å². The van der Waals surface area contributed by atoms with Gasteiger partial charge >= 0.3 is 0 Å². The maximum atomic E-state index is 12.0. The molecule has 170 valence electrons. The third kappa shape index (κ3) is 6.93. The van der Waals surface area contributed by atoms with Gasteiger partial charge in [0.15, 0.2) is 6.10 Å². The van der Waals surface area contributed by atoms with Crippen molar-refractivity contribution in [2.75, 3.05) is 12.9 Å². The summed E-state index contributed by atoms with van der Waals surface area (Å²) < 4.78 is 28.3. The van der Waals surface area contributed by atoms with E-state index in [9.17, 15) is 33.6 Å². The van der Waals surface area contributed by atoms with Gasteiger partial charge in [-0.25, -0.2) is 5.43 Å². The van der Waals surface area contributed by atoms with Gasteiger partial charge in [0, 0.05) is 29.6 Å². The van der Waals surface area contributed by atoms with Crippen LogP contribution in [-0.2, 0) is 19.2 Å². The number of carbonyl (C=O) groups is 1. The summed E-state index contributed by atoms with van der Waals surface area (Å²) in [6.07, 6.45) is -6.42. The number of aliphatic hydroxyl groups excluding tert-OH is 5. The Kier molecular flexibility index (Phi) is 8.29. The van der Waals surface area contributed by atoms with Crippen molar-refractivity contribution in [1.82, 2.24) is 10.5 Å². The van der Waals surface area contributed by atoms with Crippen LogP contribution in [0.25, 0.3) is 0 Å². The van der Waals surface area contributed by atoms with Crippen molar-refractivity contribution in [2.24, 2.45) is 5.10 Å². The molecule has 1 aliphatic rings. The molecule has 0 aliphatic carbocycles. The first-order valence-corrected chi connectivity index (χ1v) is 10.7. The topological polar surface area (TPSA) is 189 Å². The molecule has 4 unspecified atom stereocenters. The van der Waals surface area contributed by atoms with E-state index in [1.807, 2.05) is 0 Å². The summed E-state index contributed by atoms with van der Waals surface area (Å²) in [5, 5.41) is 52.5. The zero-order valence-electron chi connectivity index (χ0n) is 17.1. The first kappa shape index (κ1) is 25.8. The summed E-state index contributed by atoms with van der Waals surface area (Å²) in [4.78, 5) is 12.0. The summed E-state index contributed by atoms with van der Waals surface area (Å²) >= 11 is 0. The molecule has 1 heterocycles. The third-order valence-electron chi connectivity index (χ3n) is 4.43. The van der Waals surface area contributed by atoms with Crippen LogP contribution in [-0.4, -0.2) is 99.0 Å². The number of hydrazone groups is 1. The normalized spacial score (nSPS) is 23.7. The van der Waals surface area contributed by atoms with E-state index < -0.39 is 58.1 Å². The van der Waals surface area contributed by atoms with Crippen LogP contribution in [0.15, 0.2) is 5.10 Å². The maximum Gasteiger partial charge on any atom is 0.280 e. The first-order chi connectivity index (χ1) is 13.0. The molecule has 29 heavy (non-hydrogen) atoms. The van der Waals surface area contributed by atoms with E-state index in [-0.39, 0.29) is 12.8 Å². The zero-order chi connectivity index (χ0) is 22.8. The monoisotopic (exact) mass is 441 g/mol. The lowest BCUT2D eigenvalue weighted by atomic mass is 9.81. The van der Waals surface area contributed by atoms with Crippen molar-refractivity contribution < 1.29 is 43.0 Å². The highest BCUT2D eigenvalue weighted by molar-refractivity contribution is 7.85. The predicted octanol–water partition coefficient (Wildman–Crippen LogP) is -2.56. The highest BCUT2D eigenvalue weighted by atomic mass is 32.2. The molecule has 1 fully saturated rings. The lowest BCUT2D eigenvalue weighted by Gasteiger charge is -2.50. The Balaban J connectivity index is 2.89. The maximum absolute atomic E-state index is 12.0. The molecule has 12 nitrogen and oxygen atoms in total. The highest BCUT2D eigenvalue weighted by Crippen LogP contribution is 2.37. The molecule has 1 saturated heterocycles. The van der Waals surface area contributed by atoms with Crippen LogP contribution in [0.3, 0.4) is 0 Å². The molecule has 0 spiro atoms. The van der Waals surface area contributed by atoms with Crippen molar-refractivity contribution >= 4 is 21.7 Å². The van der Waals surface area contributed by atoms with Gasteiger partial charge in [0.05, 0.1) is 12.9 Å². The Morgan fingerprint density at radius 3 is 2.03 bits per heavy atom. The largest absolute Gasteiger partial charge is 0.394 e. The minimum Gasteiger partial charge on any atom is -0.394 e. The minimum atomic E-state index is -3.75. The van der Waals surface area contributed by atoms with E-state index in [0.717, 1.165) is 6.26 Å². The second-order valence-corrected chi connectivity index (χ2v) is 9.94. The van der Waals surface area contributed by atoms with Crippen LogP contribution in [0.4, 0.5) is 0 Å². The average molecular weight is 442 g/mol. The Labute approximate surface area is 169 Å². The average Bonchev–Trinajstić information content (AvgIpc) is 2.58. The number of piperidine rings is 1. The lowest BCUT2D eigenvalue weighted by molar-refractivity contribution is -0.195. The van der Waals surface area contributed by atoms with E-state index in [1.165, 1.54) is 5.06 Å². The molecule has 13 heteroatoms. The molecular formula is C16H31N3O9S. The summed E-state index contributed by atoms with van der Waals surface area (Å²) in [5.74, 6) is -1.13. The van der Waals surface area contributed by atoms with Crippen LogP contribution in [0.5, 0.6) is 0 Å². The number of nitrogens with zero attached hydrogens (tertiary/aromatic N) is 2. The fourth-order valence-electron chi connectivity index (χ4n) is 3.32. The number of carbonyl (C=O) groups excluding carboxylic acids is 1. The third-order valence-corrected chi connectivity index (χ3v) is 4.85. The molecule has 0 aromatic carbocycles. The summed E-state index contributed by atoms with van der Waals surface area (Å²) in [6, 6.07) is 0. The number of nitrogens with one attached hydrogen (secondary N) is 1. The molecule has 1 rings (SSSR count). The molecule has 4 atom stereocenters. The van der Waals surface area contributed by atoms with E-state index in [0.29, 0.717) is 5.71 Å². The Hall–Kier alpha value is -1.19. The van der Waals surface area contributed by atoms with E-state index in [2.05, 4.69) is 10.5 Å². The highest BCUT2D eigenvalue weighted by Gasteiger charge is 2.47. The second-order valence-electron chi connectivity index (χ2n) is 8.38.